The first-order valence-electron chi connectivity index (χ1n) is 6.33. The van der Waals surface area contributed by atoms with Crippen LogP contribution in [0.5, 0.6) is 0 Å². The lowest BCUT2D eigenvalue weighted by atomic mass is 9.77. The molecule has 0 fully saturated rings. The van der Waals surface area contributed by atoms with E-state index in [1.165, 1.54) is 11.1 Å². The molecule has 1 aromatic carbocycles. The van der Waals surface area contributed by atoms with Crippen LogP contribution in [0.15, 0.2) is 24.3 Å². The van der Waals surface area contributed by atoms with Crippen LogP contribution in [-0.4, -0.2) is 23.8 Å². The fraction of sp³-hybridized carbons (Fsp3) is 0.571. The Morgan fingerprint density at radius 3 is 2.82 bits per heavy atom. The fourth-order valence-electron chi connectivity index (χ4n) is 2.64. The molecule has 3 nitrogen and oxygen atoms in total. The lowest BCUT2D eigenvalue weighted by Crippen LogP contribution is -2.54. The number of nitrogens with one attached hydrogen (secondary N) is 1. The van der Waals surface area contributed by atoms with Crippen molar-refractivity contribution in [3.8, 4) is 0 Å². The molecule has 1 heterocycles. The predicted molar refractivity (Wildman–Crippen MR) is 69.7 cm³/mol. The Morgan fingerprint density at radius 2 is 2.18 bits per heavy atom. The second-order valence-electron chi connectivity index (χ2n) is 5.19. The molecule has 0 aliphatic carbocycles. The highest BCUT2D eigenvalue weighted by Crippen LogP contribution is 2.35. The predicted octanol–water partition coefficient (Wildman–Crippen LogP) is 1.22. The Balaban J connectivity index is 2.41. The van der Waals surface area contributed by atoms with Crippen molar-refractivity contribution in [1.82, 2.24) is 5.32 Å². The summed E-state index contributed by atoms with van der Waals surface area (Å²) in [4.78, 5) is 0. The Hall–Kier alpha value is -0.900. The standard InChI is InChI=1S/C14H22N2O/c1-10(2)14(17,9-15)13-12-6-4-3-5-11(12)7-8-16-13/h3-6,10,13,16-17H,7-9,15H2,1-2H3. The molecule has 3 heteroatoms. The zero-order valence-corrected chi connectivity index (χ0v) is 10.6. The van der Waals surface area contributed by atoms with Gasteiger partial charge in [0.25, 0.3) is 0 Å². The van der Waals surface area contributed by atoms with E-state index >= 15 is 0 Å². The molecule has 17 heavy (non-hydrogen) atoms. The molecular weight excluding hydrogens is 212 g/mol. The number of nitrogens with two attached hydrogens (primary N) is 1. The summed E-state index contributed by atoms with van der Waals surface area (Å²) in [6.07, 6.45) is 1.02. The van der Waals surface area contributed by atoms with Crippen molar-refractivity contribution < 1.29 is 5.11 Å². The molecule has 2 rings (SSSR count). The topological polar surface area (TPSA) is 58.3 Å². The first kappa shape index (κ1) is 12.6. The van der Waals surface area contributed by atoms with E-state index < -0.39 is 5.60 Å². The molecule has 0 saturated carbocycles. The van der Waals surface area contributed by atoms with Gasteiger partial charge in [0.05, 0.1) is 11.6 Å². The van der Waals surface area contributed by atoms with E-state index in [9.17, 15) is 5.11 Å². The van der Waals surface area contributed by atoms with Crippen LogP contribution in [0.3, 0.4) is 0 Å². The highest BCUT2D eigenvalue weighted by Gasteiger charge is 2.41. The Kier molecular flexibility index (Phi) is 3.52. The lowest BCUT2D eigenvalue weighted by molar-refractivity contribution is -0.0343. The van der Waals surface area contributed by atoms with Gasteiger partial charge >= 0.3 is 0 Å². The average molecular weight is 234 g/mol. The maximum atomic E-state index is 10.8. The number of hydrogen-bond donors (Lipinski definition) is 3. The summed E-state index contributed by atoms with van der Waals surface area (Å²) in [5.74, 6) is 0.121. The summed E-state index contributed by atoms with van der Waals surface area (Å²) in [7, 11) is 0. The molecule has 4 N–H and O–H groups in total. The van der Waals surface area contributed by atoms with E-state index in [2.05, 4.69) is 23.5 Å². The SMILES string of the molecule is CC(C)C(O)(CN)C1NCCc2ccccc21. The smallest absolute Gasteiger partial charge is 0.0985 e. The second-order valence-corrected chi connectivity index (χ2v) is 5.19. The van der Waals surface area contributed by atoms with Crippen LogP contribution in [0.1, 0.15) is 31.0 Å². The molecule has 1 aromatic rings. The van der Waals surface area contributed by atoms with Gasteiger partial charge in [0.2, 0.25) is 0 Å². The van der Waals surface area contributed by atoms with Crippen molar-refractivity contribution in [3.63, 3.8) is 0 Å². The highest BCUT2D eigenvalue weighted by molar-refractivity contribution is 5.34. The molecule has 0 amide bonds. The van der Waals surface area contributed by atoms with Gasteiger partial charge in [-0.1, -0.05) is 38.1 Å². The normalized spacial score (nSPS) is 23.2. The van der Waals surface area contributed by atoms with Gasteiger partial charge in [-0.3, -0.25) is 0 Å². The number of hydrogen-bond acceptors (Lipinski definition) is 3. The zero-order chi connectivity index (χ0) is 12.5. The van der Waals surface area contributed by atoms with Crippen molar-refractivity contribution in [3.05, 3.63) is 35.4 Å². The van der Waals surface area contributed by atoms with Crippen molar-refractivity contribution >= 4 is 0 Å². The van der Waals surface area contributed by atoms with Crippen molar-refractivity contribution in [2.75, 3.05) is 13.1 Å². The molecule has 2 atom stereocenters. The Bertz CT molecular complexity index is 392. The second kappa shape index (κ2) is 4.77. The van der Waals surface area contributed by atoms with Crippen LogP contribution in [0, 0.1) is 5.92 Å². The Labute approximate surface area is 103 Å². The molecule has 1 aliphatic rings. The third kappa shape index (κ3) is 2.10. The van der Waals surface area contributed by atoms with Gasteiger partial charge in [-0.2, -0.15) is 0 Å². The van der Waals surface area contributed by atoms with Crippen LogP contribution in [0.2, 0.25) is 0 Å². The van der Waals surface area contributed by atoms with E-state index in [0.29, 0.717) is 0 Å². The molecule has 0 spiro atoms. The van der Waals surface area contributed by atoms with E-state index in [1.807, 2.05) is 19.9 Å². The van der Waals surface area contributed by atoms with Crippen LogP contribution in [0.25, 0.3) is 0 Å². The van der Waals surface area contributed by atoms with Crippen LogP contribution in [0.4, 0.5) is 0 Å². The third-order valence-electron chi connectivity index (χ3n) is 3.94. The number of benzene rings is 1. The van der Waals surface area contributed by atoms with Crippen LogP contribution < -0.4 is 11.1 Å². The number of fused-ring (bicyclic) bond motifs is 1. The van der Waals surface area contributed by atoms with Gasteiger partial charge < -0.3 is 16.2 Å². The summed E-state index contributed by atoms with van der Waals surface area (Å²) in [6, 6.07) is 8.25. The summed E-state index contributed by atoms with van der Waals surface area (Å²) in [6.45, 7) is 5.21. The molecule has 0 bridgehead atoms. The average Bonchev–Trinajstić information content (AvgIpc) is 2.37. The first-order valence-corrected chi connectivity index (χ1v) is 6.33. The summed E-state index contributed by atoms with van der Waals surface area (Å²) >= 11 is 0. The van der Waals surface area contributed by atoms with Gasteiger partial charge in [0.15, 0.2) is 0 Å². The van der Waals surface area contributed by atoms with Gasteiger partial charge in [0, 0.05) is 6.54 Å². The van der Waals surface area contributed by atoms with Gasteiger partial charge in [-0.05, 0) is 30.0 Å². The largest absolute Gasteiger partial charge is 0.386 e. The summed E-state index contributed by atoms with van der Waals surface area (Å²) in [5.41, 5.74) is 7.45. The van der Waals surface area contributed by atoms with E-state index in [1.54, 1.807) is 0 Å². The number of rotatable bonds is 3. The van der Waals surface area contributed by atoms with E-state index in [0.717, 1.165) is 13.0 Å². The Morgan fingerprint density at radius 1 is 1.47 bits per heavy atom. The summed E-state index contributed by atoms with van der Waals surface area (Å²) in [5, 5.41) is 14.2. The van der Waals surface area contributed by atoms with Gasteiger partial charge in [0.1, 0.15) is 0 Å². The molecule has 2 unspecified atom stereocenters. The zero-order valence-electron chi connectivity index (χ0n) is 10.6. The highest BCUT2D eigenvalue weighted by atomic mass is 16.3. The van der Waals surface area contributed by atoms with E-state index in [4.69, 9.17) is 5.73 Å². The summed E-state index contributed by atoms with van der Waals surface area (Å²) < 4.78 is 0. The molecular formula is C14H22N2O. The minimum Gasteiger partial charge on any atom is -0.386 e. The molecule has 0 radical (unpaired) electrons. The third-order valence-corrected chi connectivity index (χ3v) is 3.94. The maximum Gasteiger partial charge on any atom is 0.0985 e. The monoisotopic (exact) mass is 234 g/mol. The van der Waals surface area contributed by atoms with Gasteiger partial charge in [-0.25, -0.2) is 0 Å². The van der Waals surface area contributed by atoms with Crippen molar-refractivity contribution in [2.24, 2.45) is 11.7 Å². The molecule has 1 aliphatic heterocycles. The lowest BCUT2D eigenvalue weighted by Gasteiger charge is -2.42. The molecule has 94 valence electrons. The molecule has 0 aromatic heterocycles. The maximum absolute atomic E-state index is 10.8. The minimum absolute atomic E-state index is 0.0579. The van der Waals surface area contributed by atoms with Crippen molar-refractivity contribution in [2.45, 2.75) is 31.9 Å². The van der Waals surface area contributed by atoms with Gasteiger partial charge in [-0.15, -0.1) is 0 Å². The van der Waals surface area contributed by atoms with E-state index in [-0.39, 0.29) is 18.5 Å². The quantitative estimate of drug-likeness (QED) is 0.737. The van der Waals surface area contributed by atoms with Crippen LogP contribution >= 0.6 is 0 Å². The fourth-order valence-corrected chi connectivity index (χ4v) is 2.64. The number of aliphatic hydroxyl groups is 1. The minimum atomic E-state index is -0.878. The molecule has 0 saturated heterocycles. The first-order chi connectivity index (χ1) is 8.09. The van der Waals surface area contributed by atoms with Crippen molar-refractivity contribution in [1.29, 1.82) is 0 Å². The van der Waals surface area contributed by atoms with Crippen LogP contribution in [-0.2, 0) is 6.42 Å².